The molecule has 1 saturated heterocycles. The van der Waals surface area contributed by atoms with Crippen LogP contribution in [0.1, 0.15) is 63.0 Å². The van der Waals surface area contributed by atoms with Crippen molar-refractivity contribution in [2.75, 3.05) is 13.1 Å². The molecule has 5 aliphatic rings. The Morgan fingerprint density at radius 2 is 1.85 bits per heavy atom. The first kappa shape index (κ1) is 23.7. The summed E-state index contributed by atoms with van der Waals surface area (Å²) in [7, 11) is 0. The van der Waals surface area contributed by atoms with Crippen LogP contribution in [-0.2, 0) is 9.59 Å². The van der Waals surface area contributed by atoms with Crippen molar-refractivity contribution in [3.63, 3.8) is 0 Å². The third-order valence-electron chi connectivity index (χ3n) is 7.72. The van der Waals surface area contributed by atoms with E-state index in [-0.39, 0.29) is 17.5 Å². The minimum absolute atomic E-state index is 0.0453. The number of nitrogens with one attached hydrogen (secondary N) is 1. The summed E-state index contributed by atoms with van der Waals surface area (Å²) in [4.78, 5) is 24.4. The molecule has 5 fully saturated rings. The zero-order valence-electron chi connectivity index (χ0n) is 18.8. The van der Waals surface area contributed by atoms with Crippen molar-refractivity contribution in [3.8, 4) is 6.07 Å². The summed E-state index contributed by atoms with van der Waals surface area (Å²) in [6.45, 7) is 1.02. The van der Waals surface area contributed by atoms with Gasteiger partial charge in [0.1, 0.15) is 6.04 Å². The standard InChI is InChI=1S/C17H25N3O2.C8H8O3/c18-9-14-2-1-3-20(14)15(21)10-19-16-5-12-4-13(6-16)8-17(22,7-12)11-16;9-7(8(10)11)6-4-2-1-3-5-6/h12-14,19,22H,1-8,10-11H2;1-5,7,9H,(H,10,11)/t12?,13?,14-,16?,17?;/m0./s1. The molecule has 8 heteroatoms. The highest BCUT2D eigenvalue weighted by atomic mass is 16.4. The number of amides is 1. The third-order valence-corrected chi connectivity index (χ3v) is 7.72. The fourth-order valence-electron chi connectivity index (χ4n) is 6.76. The topological polar surface area (TPSA) is 134 Å². The van der Waals surface area contributed by atoms with Crippen LogP contribution in [0.4, 0.5) is 0 Å². The van der Waals surface area contributed by atoms with Crippen LogP contribution in [0.2, 0.25) is 0 Å². The summed E-state index contributed by atoms with van der Waals surface area (Å²) in [5, 5.41) is 40.8. The summed E-state index contributed by atoms with van der Waals surface area (Å²) in [6, 6.07) is 10.3. The third kappa shape index (κ3) is 5.21. The number of aliphatic hydroxyl groups excluding tert-OH is 1. The summed E-state index contributed by atoms with van der Waals surface area (Å²) >= 11 is 0. The first-order valence-corrected chi connectivity index (χ1v) is 11.8. The van der Waals surface area contributed by atoms with Gasteiger partial charge >= 0.3 is 5.97 Å². The van der Waals surface area contributed by atoms with E-state index in [1.54, 1.807) is 35.2 Å². The minimum Gasteiger partial charge on any atom is -0.479 e. The van der Waals surface area contributed by atoms with Crippen LogP contribution < -0.4 is 5.32 Å². The largest absolute Gasteiger partial charge is 0.479 e. The van der Waals surface area contributed by atoms with Gasteiger partial charge in [-0.15, -0.1) is 0 Å². The highest BCUT2D eigenvalue weighted by Gasteiger charge is 2.57. The second kappa shape index (κ2) is 9.41. The maximum absolute atomic E-state index is 12.4. The fourth-order valence-corrected chi connectivity index (χ4v) is 6.76. The van der Waals surface area contributed by atoms with Gasteiger partial charge in [-0.3, -0.25) is 4.79 Å². The van der Waals surface area contributed by atoms with E-state index in [2.05, 4.69) is 11.4 Å². The Balaban J connectivity index is 0.000000200. The van der Waals surface area contributed by atoms with E-state index in [0.29, 0.717) is 30.5 Å². The first-order valence-electron chi connectivity index (χ1n) is 11.8. The van der Waals surface area contributed by atoms with Crippen LogP contribution in [0.3, 0.4) is 0 Å². The summed E-state index contributed by atoms with van der Waals surface area (Å²) in [6.07, 6.45) is 6.46. The molecule has 1 heterocycles. The molecule has 4 aliphatic carbocycles. The van der Waals surface area contributed by atoms with Gasteiger partial charge in [0.05, 0.1) is 18.2 Å². The number of hydrogen-bond donors (Lipinski definition) is 4. The molecule has 178 valence electrons. The lowest BCUT2D eigenvalue weighted by molar-refractivity contribution is -0.147. The van der Waals surface area contributed by atoms with Crippen molar-refractivity contribution >= 4 is 11.9 Å². The Morgan fingerprint density at radius 1 is 1.18 bits per heavy atom. The molecule has 33 heavy (non-hydrogen) atoms. The van der Waals surface area contributed by atoms with Crippen LogP contribution in [-0.4, -0.2) is 62.4 Å². The van der Waals surface area contributed by atoms with Gasteiger partial charge in [-0.25, -0.2) is 4.79 Å². The zero-order valence-corrected chi connectivity index (χ0v) is 18.8. The monoisotopic (exact) mass is 455 g/mol. The quantitative estimate of drug-likeness (QED) is 0.533. The van der Waals surface area contributed by atoms with E-state index in [1.807, 2.05) is 0 Å². The second-order valence-electron chi connectivity index (χ2n) is 10.3. The molecule has 0 radical (unpaired) electrons. The van der Waals surface area contributed by atoms with Crippen molar-refractivity contribution in [2.24, 2.45) is 11.8 Å². The normalized spacial score (nSPS) is 34.8. The van der Waals surface area contributed by atoms with E-state index in [0.717, 1.165) is 44.9 Å². The lowest BCUT2D eigenvalue weighted by Crippen LogP contribution is -2.65. The number of carboxylic acids is 1. The number of nitriles is 1. The van der Waals surface area contributed by atoms with Crippen LogP contribution in [0.5, 0.6) is 0 Å². The SMILES string of the molecule is N#C[C@@H]1CCCN1C(=O)CNC12CC3CC(CC(O)(C3)C1)C2.O=C(O)C(O)c1ccccc1. The molecule has 4 bridgehead atoms. The highest BCUT2D eigenvalue weighted by Crippen LogP contribution is 2.57. The number of rotatable bonds is 5. The molecule has 0 aromatic heterocycles. The second-order valence-corrected chi connectivity index (χ2v) is 10.3. The maximum atomic E-state index is 12.4. The maximum Gasteiger partial charge on any atom is 0.337 e. The predicted molar refractivity (Wildman–Crippen MR) is 120 cm³/mol. The highest BCUT2D eigenvalue weighted by molar-refractivity contribution is 5.79. The molecule has 1 aromatic rings. The number of likely N-dealkylation sites (tertiary alicyclic amines) is 1. The summed E-state index contributed by atoms with van der Waals surface area (Å²) < 4.78 is 0. The van der Waals surface area contributed by atoms with Crippen LogP contribution >= 0.6 is 0 Å². The van der Waals surface area contributed by atoms with E-state index in [9.17, 15) is 14.7 Å². The number of hydrogen-bond acceptors (Lipinski definition) is 6. The Hall–Kier alpha value is -2.47. The number of benzene rings is 1. The van der Waals surface area contributed by atoms with E-state index < -0.39 is 17.7 Å². The van der Waals surface area contributed by atoms with Crippen LogP contribution in [0, 0.1) is 23.2 Å². The molecule has 4 N–H and O–H groups in total. The van der Waals surface area contributed by atoms with E-state index in [4.69, 9.17) is 15.5 Å². The molecule has 3 unspecified atom stereocenters. The lowest BCUT2D eigenvalue weighted by atomic mass is 9.51. The number of aliphatic carboxylic acids is 1. The average molecular weight is 456 g/mol. The number of nitrogens with zero attached hydrogens (tertiary/aromatic N) is 2. The Kier molecular flexibility index (Phi) is 6.76. The molecule has 1 amide bonds. The Morgan fingerprint density at radius 3 is 2.42 bits per heavy atom. The van der Waals surface area contributed by atoms with Gasteiger partial charge < -0.3 is 25.5 Å². The molecule has 1 aromatic carbocycles. The molecular weight excluding hydrogens is 422 g/mol. The molecule has 0 spiro atoms. The first-order chi connectivity index (χ1) is 15.7. The van der Waals surface area contributed by atoms with Crippen molar-refractivity contribution in [2.45, 2.75) is 74.7 Å². The fraction of sp³-hybridized carbons (Fsp3) is 0.640. The van der Waals surface area contributed by atoms with Gasteiger partial charge in [-0.2, -0.15) is 5.26 Å². The summed E-state index contributed by atoms with van der Waals surface area (Å²) in [5.74, 6) is 0.0583. The molecule has 4 saturated carbocycles. The number of carbonyl (C=O) groups is 2. The smallest absolute Gasteiger partial charge is 0.337 e. The van der Waals surface area contributed by atoms with E-state index >= 15 is 0 Å². The van der Waals surface area contributed by atoms with Gasteiger partial charge in [-0.1, -0.05) is 30.3 Å². The Bertz CT molecular complexity index is 900. The minimum atomic E-state index is -1.41. The number of carboxylic acid groups (broad SMARTS) is 1. The summed E-state index contributed by atoms with van der Waals surface area (Å²) in [5.41, 5.74) is -0.140. The molecule has 4 atom stereocenters. The molecule has 6 rings (SSSR count). The van der Waals surface area contributed by atoms with Gasteiger partial charge in [0.25, 0.3) is 0 Å². The van der Waals surface area contributed by atoms with Gasteiger partial charge in [-0.05, 0) is 68.8 Å². The van der Waals surface area contributed by atoms with Crippen LogP contribution in [0.25, 0.3) is 0 Å². The van der Waals surface area contributed by atoms with Crippen molar-refractivity contribution in [1.82, 2.24) is 10.2 Å². The van der Waals surface area contributed by atoms with Gasteiger partial charge in [0.15, 0.2) is 6.10 Å². The van der Waals surface area contributed by atoms with Gasteiger partial charge in [0, 0.05) is 12.1 Å². The molecule has 1 aliphatic heterocycles. The van der Waals surface area contributed by atoms with Crippen molar-refractivity contribution < 1.29 is 24.9 Å². The van der Waals surface area contributed by atoms with Crippen LogP contribution in [0.15, 0.2) is 30.3 Å². The van der Waals surface area contributed by atoms with Crippen molar-refractivity contribution in [3.05, 3.63) is 35.9 Å². The Labute approximate surface area is 194 Å². The van der Waals surface area contributed by atoms with Gasteiger partial charge in [0.2, 0.25) is 5.91 Å². The lowest BCUT2D eigenvalue weighted by Gasteiger charge is -2.60. The van der Waals surface area contributed by atoms with Crippen molar-refractivity contribution in [1.29, 1.82) is 5.26 Å². The predicted octanol–water partition coefficient (Wildman–Crippen LogP) is 1.98. The average Bonchev–Trinajstić information content (AvgIpc) is 3.25. The number of carbonyl (C=O) groups excluding carboxylic acids is 1. The molecule has 8 nitrogen and oxygen atoms in total. The van der Waals surface area contributed by atoms with E-state index in [1.165, 1.54) is 6.42 Å². The zero-order chi connectivity index (χ0) is 23.6. The molecular formula is C25H33N3O5. The number of aliphatic hydroxyl groups is 2.